The summed E-state index contributed by atoms with van der Waals surface area (Å²) in [6.07, 6.45) is 15.6. The van der Waals surface area contributed by atoms with Crippen LogP contribution in [0.2, 0.25) is 0 Å². The maximum atomic E-state index is 2.73. The summed E-state index contributed by atoms with van der Waals surface area (Å²) in [5.74, 6) is 0. The van der Waals surface area contributed by atoms with E-state index in [4.69, 9.17) is 0 Å². The Hall–Kier alpha value is -6.52. The van der Waals surface area contributed by atoms with Crippen LogP contribution in [0.3, 0.4) is 0 Å². The fourth-order valence-electron chi connectivity index (χ4n) is 13.8. The molecule has 71 heavy (non-hydrogen) atoms. The maximum absolute atomic E-state index is 2.73. The third-order valence-corrected chi connectivity index (χ3v) is 17.1. The predicted octanol–water partition coefficient (Wildman–Crippen LogP) is 15.6. The number of nitrogens with zero attached hydrogens (tertiary/aromatic N) is 3. The number of rotatable bonds is 6. The first-order valence-electron chi connectivity index (χ1n) is 26.8. The molecule has 354 valence electrons. The summed E-state index contributed by atoms with van der Waals surface area (Å²) >= 11 is 0. The molecule has 2 heterocycles. The second-order valence-corrected chi connectivity index (χ2v) is 24.7. The van der Waals surface area contributed by atoms with Crippen LogP contribution in [0.15, 0.2) is 163 Å². The number of aryl methyl sites for hydroxylation is 3. The van der Waals surface area contributed by atoms with Gasteiger partial charge in [-0.25, -0.2) is 0 Å². The fraction of sp³-hybridized carbons (Fsp3) is 0.313. The SMILES string of the molecule is Cc1ccccc1N1c2ccc(N(c3ccc4c(c3)CC(C)(C)C4)C3C=C4CC(C)(C)CC4=CC3)cc2B2c3cc4c(cc3N(c3ccccc3-c3ccccc3)c3cc(C(C)(C)C)cc1c32)CCCC4. The van der Waals surface area contributed by atoms with Crippen LogP contribution in [0, 0.1) is 17.8 Å². The highest BCUT2D eigenvalue weighted by Crippen LogP contribution is 2.51. The van der Waals surface area contributed by atoms with Gasteiger partial charge in [0.1, 0.15) is 0 Å². The van der Waals surface area contributed by atoms with E-state index in [2.05, 4.69) is 222 Å². The summed E-state index contributed by atoms with van der Waals surface area (Å²) in [4.78, 5) is 8.05. The van der Waals surface area contributed by atoms with E-state index in [1.165, 1.54) is 126 Å². The second-order valence-electron chi connectivity index (χ2n) is 24.7. The van der Waals surface area contributed by atoms with E-state index in [0.717, 1.165) is 38.5 Å². The van der Waals surface area contributed by atoms with E-state index in [0.29, 0.717) is 5.41 Å². The predicted molar refractivity (Wildman–Crippen MR) is 303 cm³/mol. The van der Waals surface area contributed by atoms with Crippen molar-refractivity contribution < 1.29 is 0 Å². The molecule has 4 heteroatoms. The quantitative estimate of drug-likeness (QED) is 0.154. The van der Waals surface area contributed by atoms with Gasteiger partial charge in [0.05, 0.1) is 11.7 Å². The minimum atomic E-state index is -0.105. The smallest absolute Gasteiger partial charge is 0.252 e. The standard InChI is InChI=1S/C67H68BN3/c1-43-18-12-16-24-58(43)70-60-31-30-54(69(52-28-26-47-39-66(5,6)41-49(47)32-52)53-29-27-48-40-67(7,8)42-50(48)33-53)38-57(60)68-56-34-45-21-13-14-22-46(45)35-61(56)71(63-37-51(65(2,3)4)36-62(70)64(63)68)59-25-17-15-23-55(59)44-19-10-9-11-20-44/h9-12,15-20,23-28,30-38,53H,13-14,21-22,29,39-42H2,1-8H3. The Labute approximate surface area is 424 Å². The van der Waals surface area contributed by atoms with E-state index in [9.17, 15) is 0 Å². The van der Waals surface area contributed by atoms with Crippen molar-refractivity contribution in [2.75, 3.05) is 14.7 Å². The lowest BCUT2D eigenvalue weighted by Crippen LogP contribution is -2.61. The van der Waals surface area contributed by atoms with Crippen LogP contribution in [-0.2, 0) is 31.1 Å². The molecule has 1 unspecified atom stereocenters. The van der Waals surface area contributed by atoms with Gasteiger partial charge in [0.15, 0.2) is 0 Å². The van der Waals surface area contributed by atoms with Crippen molar-refractivity contribution in [1.82, 2.24) is 0 Å². The van der Waals surface area contributed by atoms with Crippen LogP contribution in [0.5, 0.6) is 0 Å². The number of hydrogen-bond donors (Lipinski definition) is 0. The molecule has 0 bridgehead atoms. The van der Waals surface area contributed by atoms with Crippen molar-refractivity contribution in [3.8, 4) is 11.1 Å². The van der Waals surface area contributed by atoms with E-state index >= 15 is 0 Å². The molecular weight excluding hydrogens is 858 g/mol. The van der Waals surface area contributed by atoms with Gasteiger partial charge in [-0.05, 0) is 208 Å². The van der Waals surface area contributed by atoms with Crippen molar-refractivity contribution >= 4 is 68.6 Å². The van der Waals surface area contributed by atoms with Crippen LogP contribution in [0.25, 0.3) is 11.1 Å². The molecule has 0 N–H and O–H groups in total. The number of hydrogen-bond acceptors (Lipinski definition) is 3. The lowest BCUT2D eigenvalue weighted by atomic mass is 9.33. The molecule has 6 aliphatic rings. The summed E-state index contributed by atoms with van der Waals surface area (Å²) in [6, 6.07) is 54.9. The number of anilines is 8. The van der Waals surface area contributed by atoms with Crippen molar-refractivity contribution in [3.05, 3.63) is 196 Å². The Kier molecular flexibility index (Phi) is 10.2. The van der Waals surface area contributed by atoms with Crippen molar-refractivity contribution in [3.63, 3.8) is 0 Å². The molecule has 0 aromatic heterocycles. The molecule has 0 amide bonds. The van der Waals surface area contributed by atoms with Crippen LogP contribution < -0.4 is 31.1 Å². The van der Waals surface area contributed by atoms with Gasteiger partial charge < -0.3 is 14.7 Å². The first-order chi connectivity index (χ1) is 34.2. The first kappa shape index (κ1) is 44.4. The molecule has 1 fully saturated rings. The molecule has 4 aliphatic carbocycles. The second kappa shape index (κ2) is 16.3. The summed E-state index contributed by atoms with van der Waals surface area (Å²) in [6.45, 7) is 19.2. The normalized spacial score (nSPS) is 18.9. The molecule has 0 radical (unpaired) electrons. The van der Waals surface area contributed by atoms with Crippen molar-refractivity contribution in [2.24, 2.45) is 10.8 Å². The number of fused-ring (bicyclic) bond motifs is 7. The van der Waals surface area contributed by atoms with Gasteiger partial charge in [0, 0.05) is 45.4 Å². The molecule has 3 nitrogen and oxygen atoms in total. The minimum absolute atomic E-state index is 0.0149. The van der Waals surface area contributed by atoms with Crippen LogP contribution in [-0.4, -0.2) is 12.8 Å². The Balaban J connectivity index is 1.10. The highest BCUT2D eigenvalue weighted by molar-refractivity contribution is 7.00. The molecule has 7 aromatic rings. The zero-order chi connectivity index (χ0) is 48.6. The van der Waals surface area contributed by atoms with Gasteiger partial charge in [-0.3, -0.25) is 0 Å². The van der Waals surface area contributed by atoms with Crippen molar-refractivity contribution in [2.45, 2.75) is 125 Å². The third kappa shape index (κ3) is 7.45. The average molecular weight is 926 g/mol. The van der Waals surface area contributed by atoms with Gasteiger partial charge in [0.25, 0.3) is 6.71 Å². The maximum Gasteiger partial charge on any atom is 0.252 e. The van der Waals surface area contributed by atoms with Crippen LogP contribution in [0.1, 0.15) is 114 Å². The molecule has 0 saturated heterocycles. The minimum Gasteiger partial charge on any atom is -0.334 e. The molecule has 0 spiro atoms. The Morgan fingerprint density at radius 3 is 1.92 bits per heavy atom. The van der Waals surface area contributed by atoms with Gasteiger partial charge in [-0.1, -0.05) is 139 Å². The lowest BCUT2D eigenvalue weighted by Gasteiger charge is -2.46. The van der Waals surface area contributed by atoms with Crippen LogP contribution >= 0.6 is 0 Å². The number of benzene rings is 7. The zero-order valence-corrected chi connectivity index (χ0v) is 43.3. The average Bonchev–Trinajstić information content (AvgIpc) is 3.85. The summed E-state index contributed by atoms with van der Waals surface area (Å²) in [5, 5.41) is 0. The largest absolute Gasteiger partial charge is 0.334 e. The summed E-state index contributed by atoms with van der Waals surface area (Å²) < 4.78 is 0. The Morgan fingerprint density at radius 1 is 0.535 bits per heavy atom. The van der Waals surface area contributed by atoms with Crippen molar-refractivity contribution in [1.29, 1.82) is 0 Å². The summed E-state index contributed by atoms with van der Waals surface area (Å²) in [7, 11) is 0. The molecule has 1 saturated carbocycles. The number of allylic oxidation sites excluding steroid dienone is 2. The molecule has 1 atom stereocenters. The highest BCUT2D eigenvalue weighted by Gasteiger charge is 2.46. The molecule has 7 aromatic carbocycles. The van der Waals surface area contributed by atoms with E-state index < -0.39 is 0 Å². The topological polar surface area (TPSA) is 9.72 Å². The molecule has 2 aliphatic heterocycles. The molecule has 13 rings (SSSR count). The van der Waals surface area contributed by atoms with E-state index in [1.54, 1.807) is 11.1 Å². The Morgan fingerprint density at radius 2 is 1.15 bits per heavy atom. The van der Waals surface area contributed by atoms with E-state index in [-0.39, 0.29) is 23.6 Å². The van der Waals surface area contributed by atoms with Gasteiger partial charge >= 0.3 is 0 Å². The van der Waals surface area contributed by atoms with E-state index in [1.807, 2.05) is 0 Å². The fourth-order valence-corrected chi connectivity index (χ4v) is 13.8. The number of para-hydroxylation sites is 2. The summed E-state index contributed by atoms with van der Waals surface area (Å²) in [5.41, 5.74) is 29.1. The first-order valence-corrected chi connectivity index (χ1v) is 26.8. The highest BCUT2D eigenvalue weighted by atomic mass is 15.2. The zero-order valence-electron chi connectivity index (χ0n) is 43.3. The Bertz CT molecular complexity index is 3380. The third-order valence-electron chi connectivity index (χ3n) is 17.1. The van der Waals surface area contributed by atoms with Gasteiger partial charge in [-0.15, -0.1) is 0 Å². The van der Waals surface area contributed by atoms with Gasteiger partial charge in [-0.2, -0.15) is 0 Å². The van der Waals surface area contributed by atoms with Gasteiger partial charge in [0.2, 0.25) is 0 Å². The molecular formula is C67H68BN3. The monoisotopic (exact) mass is 926 g/mol. The van der Waals surface area contributed by atoms with Crippen LogP contribution in [0.4, 0.5) is 45.5 Å². The lowest BCUT2D eigenvalue weighted by molar-refractivity contribution is 0.392.